The molecule has 1 aromatic rings. The second-order valence-electron chi connectivity index (χ2n) is 4.27. The molecule has 0 aromatic heterocycles. The lowest BCUT2D eigenvalue weighted by atomic mass is 10.1. The highest BCUT2D eigenvalue weighted by molar-refractivity contribution is 5.62. The molecule has 0 atom stereocenters. The highest BCUT2D eigenvalue weighted by Gasteiger charge is 2.19. The molecule has 0 unspecified atom stereocenters. The number of benzene rings is 1. The van der Waals surface area contributed by atoms with Gasteiger partial charge in [0.15, 0.2) is 5.69 Å². The summed E-state index contributed by atoms with van der Waals surface area (Å²) in [5.41, 5.74) is -0.236. The fourth-order valence-electron chi connectivity index (χ4n) is 1.89. The summed E-state index contributed by atoms with van der Waals surface area (Å²) in [4.78, 5) is 31.3. The first-order chi connectivity index (χ1) is 9.58. The summed E-state index contributed by atoms with van der Waals surface area (Å²) in [5.74, 6) is -0.155. The van der Waals surface area contributed by atoms with E-state index in [2.05, 4.69) is 9.97 Å². The first kappa shape index (κ1) is 12.1. The predicted molar refractivity (Wildman–Crippen MR) is 70.8 cm³/mol. The Morgan fingerprint density at radius 2 is 1.80 bits per heavy atom. The highest BCUT2D eigenvalue weighted by atomic mass is 16.5. The van der Waals surface area contributed by atoms with E-state index in [1.807, 2.05) is 18.2 Å². The van der Waals surface area contributed by atoms with Gasteiger partial charge in [0.1, 0.15) is 0 Å². The smallest absolute Gasteiger partial charge is 0.352 e. The summed E-state index contributed by atoms with van der Waals surface area (Å²) in [6.07, 6.45) is 1.31. The van der Waals surface area contributed by atoms with E-state index in [1.165, 1.54) is 13.2 Å². The molecule has 2 heterocycles. The van der Waals surface area contributed by atoms with Gasteiger partial charge in [0, 0.05) is 12.6 Å². The summed E-state index contributed by atoms with van der Waals surface area (Å²) >= 11 is 0. The van der Waals surface area contributed by atoms with Crippen LogP contribution in [0.5, 0.6) is 0 Å². The number of nitrogens with zero attached hydrogens (tertiary/aromatic N) is 4. The fraction of sp³-hybridized carbons (Fsp3) is 0.0769. The van der Waals surface area contributed by atoms with Crippen molar-refractivity contribution in [2.45, 2.75) is 0 Å². The predicted octanol–water partition coefficient (Wildman–Crippen LogP) is 0.346. The zero-order valence-corrected chi connectivity index (χ0v) is 10.5. The van der Waals surface area contributed by atoms with Crippen LogP contribution in [0.15, 0.2) is 46.1 Å². The first-order valence-electron chi connectivity index (χ1n) is 5.83. The van der Waals surface area contributed by atoms with Crippen molar-refractivity contribution in [3.63, 3.8) is 0 Å². The second-order valence-corrected chi connectivity index (χ2v) is 4.27. The van der Waals surface area contributed by atoms with Crippen LogP contribution in [-0.2, 0) is 7.05 Å². The third kappa shape index (κ3) is 1.76. The van der Waals surface area contributed by atoms with Crippen LogP contribution < -0.4 is 11.2 Å². The largest absolute Gasteiger partial charge is 0.427 e. The Morgan fingerprint density at radius 3 is 2.50 bits per heavy atom. The Bertz CT molecular complexity index is 867. The molecule has 2 aliphatic heterocycles. The van der Waals surface area contributed by atoms with Gasteiger partial charge in [0.05, 0.1) is 11.9 Å². The van der Waals surface area contributed by atoms with Gasteiger partial charge in [-0.15, -0.1) is 0 Å². The zero-order valence-electron chi connectivity index (χ0n) is 10.5. The van der Waals surface area contributed by atoms with E-state index in [9.17, 15) is 14.8 Å². The van der Waals surface area contributed by atoms with E-state index in [0.717, 1.165) is 10.1 Å². The van der Waals surface area contributed by atoms with Gasteiger partial charge in [-0.3, -0.25) is 9.36 Å². The summed E-state index contributed by atoms with van der Waals surface area (Å²) in [7, 11) is 1.32. The Morgan fingerprint density at radius 1 is 1.10 bits per heavy atom. The topological polar surface area (TPSA) is 90.0 Å². The first-order valence-corrected chi connectivity index (χ1v) is 5.83. The molecule has 7 heteroatoms. The van der Waals surface area contributed by atoms with Crippen molar-refractivity contribution in [1.82, 2.24) is 19.3 Å². The third-order valence-electron chi connectivity index (χ3n) is 2.97. The zero-order chi connectivity index (χ0) is 14.3. The van der Waals surface area contributed by atoms with Gasteiger partial charge in [0.25, 0.3) is 5.56 Å². The SMILES string of the molecule is Cn1c(=O)nc2n(O)cc(-c3ccccc3)nc-2c1=O. The number of hydrogen-bond acceptors (Lipinski definition) is 5. The van der Waals surface area contributed by atoms with Gasteiger partial charge in [-0.05, 0) is 0 Å². The molecule has 0 saturated heterocycles. The molecule has 0 saturated carbocycles. The van der Waals surface area contributed by atoms with E-state index in [1.54, 1.807) is 12.1 Å². The standard InChI is InChI=1S/C13H10N4O3/c1-16-12(18)10-11(15-13(16)19)17(20)7-9(14-10)8-5-3-2-4-6-8/h2-7,20H,1H3. The molecule has 0 spiro atoms. The van der Waals surface area contributed by atoms with Crippen molar-refractivity contribution in [2.24, 2.45) is 7.05 Å². The maximum Gasteiger partial charge on any atom is 0.352 e. The van der Waals surface area contributed by atoms with Crippen molar-refractivity contribution >= 4 is 0 Å². The van der Waals surface area contributed by atoms with Crippen LogP contribution in [0.25, 0.3) is 22.8 Å². The van der Waals surface area contributed by atoms with Gasteiger partial charge < -0.3 is 5.21 Å². The minimum absolute atomic E-state index is 0.0593. The van der Waals surface area contributed by atoms with Crippen molar-refractivity contribution in [3.8, 4) is 22.8 Å². The lowest BCUT2D eigenvalue weighted by molar-refractivity contribution is 0.185. The number of fused-ring (bicyclic) bond motifs is 1. The summed E-state index contributed by atoms with van der Waals surface area (Å²) in [6, 6.07) is 9.09. The van der Waals surface area contributed by atoms with Crippen LogP contribution in [-0.4, -0.2) is 24.5 Å². The van der Waals surface area contributed by atoms with Crippen molar-refractivity contribution < 1.29 is 5.21 Å². The number of aromatic nitrogens is 4. The van der Waals surface area contributed by atoms with E-state index in [-0.39, 0.29) is 11.5 Å². The van der Waals surface area contributed by atoms with Crippen LogP contribution in [0.2, 0.25) is 0 Å². The Hall–Kier alpha value is -2.96. The Balaban J connectivity index is 2.38. The van der Waals surface area contributed by atoms with E-state index >= 15 is 0 Å². The quantitative estimate of drug-likeness (QED) is 0.644. The minimum atomic E-state index is -0.737. The fourth-order valence-corrected chi connectivity index (χ4v) is 1.89. The maximum atomic E-state index is 12.0. The lowest BCUT2D eigenvalue weighted by Crippen LogP contribution is -2.36. The number of rotatable bonds is 1. The highest BCUT2D eigenvalue weighted by Crippen LogP contribution is 2.19. The van der Waals surface area contributed by atoms with Crippen LogP contribution in [0.4, 0.5) is 0 Å². The molecule has 20 heavy (non-hydrogen) atoms. The molecular weight excluding hydrogens is 260 g/mol. The van der Waals surface area contributed by atoms with Crippen molar-refractivity contribution in [2.75, 3.05) is 0 Å². The average Bonchev–Trinajstić information content (AvgIpc) is 2.47. The molecule has 1 N–H and O–H groups in total. The molecular formula is C13H10N4O3. The van der Waals surface area contributed by atoms with Gasteiger partial charge in [-0.2, -0.15) is 9.71 Å². The number of hydrogen-bond donors (Lipinski definition) is 1. The molecule has 0 bridgehead atoms. The van der Waals surface area contributed by atoms with Crippen molar-refractivity contribution in [3.05, 3.63) is 57.4 Å². The maximum absolute atomic E-state index is 12.0. The summed E-state index contributed by atoms with van der Waals surface area (Å²) in [5, 5.41) is 9.88. The normalized spacial score (nSPS) is 10.8. The summed E-state index contributed by atoms with van der Waals surface area (Å²) in [6.45, 7) is 0. The Kier molecular flexibility index (Phi) is 2.60. The molecule has 0 aliphatic carbocycles. The van der Waals surface area contributed by atoms with Crippen LogP contribution in [0.3, 0.4) is 0 Å². The average molecular weight is 270 g/mol. The van der Waals surface area contributed by atoms with Crippen LogP contribution in [0, 0.1) is 0 Å². The molecule has 2 aliphatic rings. The Labute approximate surface area is 112 Å². The molecule has 3 rings (SSSR count). The molecule has 0 radical (unpaired) electrons. The van der Waals surface area contributed by atoms with Crippen LogP contribution >= 0.6 is 0 Å². The van der Waals surface area contributed by atoms with Gasteiger partial charge >= 0.3 is 5.69 Å². The van der Waals surface area contributed by atoms with Gasteiger partial charge in [-0.25, -0.2) is 9.78 Å². The molecule has 0 fully saturated rings. The van der Waals surface area contributed by atoms with Crippen molar-refractivity contribution in [1.29, 1.82) is 0 Å². The van der Waals surface area contributed by atoms with Gasteiger partial charge in [0.2, 0.25) is 5.82 Å². The summed E-state index contributed by atoms with van der Waals surface area (Å²) < 4.78 is 1.50. The molecule has 0 amide bonds. The monoisotopic (exact) mass is 270 g/mol. The molecule has 1 aromatic carbocycles. The molecule has 100 valence electrons. The lowest BCUT2D eigenvalue weighted by Gasteiger charge is -2.10. The van der Waals surface area contributed by atoms with E-state index in [0.29, 0.717) is 10.4 Å². The third-order valence-corrected chi connectivity index (χ3v) is 2.97. The second kappa shape index (κ2) is 4.30. The van der Waals surface area contributed by atoms with E-state index in [4.69, 9.17) is 0 Å². The van der Waals surface area contributed by atoms with E-state index < -0.39 is 11.2 Å². The molecule has 7 nitrogen and oxygen atoms in total. The van der Waals surface area contributed by atoms with Gasteiger partial charge in [-0.1, -0.05) is 30.3 Å². The minimum Gasteiger partial charge on any atom is -0.427 e. The van der Waals surface area contributed by atoms with Crippen LogP contribution in [0.1, 0.15) is 0 Å².